The molecular formula is C21H22N2O2S. The zero-order valence-electron chi connectivity index (χ0n) is 15.0. The zero-order chi connectivity index (χ0) is 18.5. The van der Waals surface area contributed by atoms with Gasteiger partial charge in [0.2, 0.25) is 5.91 Å². The molecule has 1 heterocycles. The second kappa shape index (κ2) is 8.23. The first-order chi connectivity index (χ1) is 12.6. The molecule has 2 N–H and O–H groups in total. The van der Waals surface area contributed by atoms with Crippen LogP contribution in [0.15, 0.2) is 53.3 Å². The van der Waals surface area contributed by atoms with E-state index in [9.17, 15) is 9.59 Å². The van der Waals surface area contributed by atoms with E-state index in [4.69, 9.17) is 0 Å². The molecule has 1 amide bonds. The molecule has 4 nitrogen and oxygen atoms in total. The van der Waals surface area contributed by atoms with Crippen LogP contribution in [0.4, 0.5) is 5.69 Å². The van der Waals surface area contributed by atoms with Crippen LogP contribution in [0, 0.1) is 6.92 Å². The maximum absolute atomic E-state index is 12.2. The lowest BCUT2D eigenvalue weighted by Gasteiger charge is -2.08. The Morgan fingerprint density at radius 3 is 2.65 bits per heavy atom. The van der Waals surface area contributed by atoms with Crippen molar-refractivity contribution >= 4 is 34.3 Å². The summed E-state index contributed by atoms with van der Waals surface area (Å²) < 4.78 is 0. The number of rotatable bonds is 6. The van der Waals surface area contributed by atoms with Gasteiger partial charge in [0.15, 0.2) is 5.43 Å². The molecule has 0 radical (unpaired) electrons. The van der Waals surface area contributed by atoms with Gasteiger partial charge in [-0.15, -0.1) is 11.8 Å². The third-order valence-electron chi connectivity index (χ3n) is 4.27. The highest BCUT2D eigenvalue weighted by Gasteiger charge is 2.07. The number of pyridine rings is 1. The van der Waals surface area contributed by atoms with Crippen molar-refractivity contribution in [2.45, 2.75) is 26.0 Å². The summed E-state index contributed by atoms with van der Waals surface area (Å²) in [7, 11) is 0. The van der Waals surface area contributed by atoms with Crippen molar-refractivity contribution in [3.63, 3.8) is 0 Å². The van der Waals surface area contributed by atoms with Gasteiger partial charge in [0.05, 0.1) is 11.3 Å². The van der Waals surface area contributed by atoms with Crippen molar-refractivity contribution in [1.82, 2.24) is 4.98 Å². The molecule has 0 aliphatic heterocycles. The Morgan fingerprint density at radius 1 is 1.15 bits per heavy atom. The van der Waals surface area contributed by atoms with Gasteiger partial charge in [-0.25, -0.2) is 0 Å². The highest BCUT2D eigenvalue weighted by atomic mass is 32.2. The van der Waals surface area contributed by atoms with Gasteiger partial charge in [0, 0.05) is 28.6 Å². The number of anilines is 1. The van der Waals surface area contributed by atoms with Crippen LogP contribution >= 0.6 is 11.8 Å². The van der Waals surface area contributed by atoms with E-state index < -0.39 is 0 Å². The van der Waals surface area contributed by atoms with E-state index in [0.29, 0.717) is 16.9 Å². The van der Waals surface area contributed by atoms with Crippen LogP contribution in [0.3, 0.4) is 0 Å². The number of hydrogen-bond acceptors (Lipinski definition) is 3. The smallest absolute Gasteiger partial charge is 0.234 e. The normalized spacial score (nSPS) is 10.8. The molecule has 0 saturated heterocycles. The van der Waals surface area contributed by atoms with Gasteiger partial charge >= 0.3 is 0 Å². The number of thioether (sulfide) groups is 1. The summed E-state index contributed by atoms with van der Waals surface area (Å²) in [5.41, 5.74) is 4.81. The van der Waals surface area contributed by atoms with Crippen LogP contribution in [0.5, 0.6) is 0 Å². The standard InChI is InChI=1S/C21H22N2O2S/c1-3-15-7-9-16(10-8-15)22-20(25)13-26-12-17-11-19(24)18-6-4-5-14(2)21(18)23-17/h4-11H,3,12-13H2,1-2H3,(H,22,25)(H,23,24). The first-order valence-electron chi connectivity index (χ1n) is 8.65. The van der Waals surface area contributed by atoms with Crippen molar-refractivity contribution in [1.29, 1.82) is 0 Å². The van der Waals surface area contributed by atoms with Crippen molar-refractivity contribution in [3.8, 4) is 0 Å². The second-order valence-electron chi connectivity index (χ2n) is 6.25. The Morgan fingerprint density at radius 2 is 1.92 bits per heavy atom. The fourth-order valence-corrected chi connectivity index (χ4v) is 3.56. The predicted molar refractivity (Wildman–Crippen MR) is 110 cm³/mol. The number of H-pyrrole nitrogens is 1. The summed E-state index contributed by atoms with van der Waals surface area (Å²) in [4.78, 5) is 27.6. The van der Waals surface area contributed by atoms with Crippen LogP contribution in [0.2, 0.25) is 0 Å². The van der Waals surface area contributed by atoms with E-state index in [2.05, 4.69) is 17.2 Å². The number of fused-ring (bicyclic) bond motifs is 1. The lowest BCUT2D eigenvalue weighted by Crippen LogP contribution is -2.14. The molecule has 3 aromatic rings. The van der Waals surface area contributed by atoms with Gasteiger partial charge in [0.1, 0.15) is 0 Å². The van der Waals surface area contributed by atoms with Gasteiger partial charge in [-0.2, -0.15) is 0 Å². The number of para-hydroxylation sites is 1. The summed E-state index contributed by atoms with van der Waals surface area (Å²) in [5.74, 6) is 0.879. The van der Waals surface area contributed by atoms with E-state index in [-0.39, 0.29) is 11.3 Å². The number of aromatic amines is 1. The van der Waals surface area contributed by atoms with E-state index in [0.717, 1.165) is 28.9 Å². The predicted octanol–water partition coefficient (Wildman–Crippen LogP) is 4.27. The SMILES string of the molecule is CCc1ccc(NC(=O)CSCc2cc(=O)c3cccc(C)c3[nH]2)cc1. The quantitative estimate of drug-likeness (QED) is 0.685. The fraction of sp³-hybridized carbons (Fsp3) is 0.238. The monoisotopic (exact) mass is 366 g/mol. The minimum absolute atomic E-state index is 0.0125. The molecule has 0 bridgehead atoms. The number of aryl methyl sites for hydroxylation is 2. The number of amides is 1. The highest BCUT2D eigenvalue weighted by Crippen LogP contribution is 2.16. The van der Waals surface area contributed by atoms with Crippen molar-refractivity contribution < 1.29 is 4.79 Å². The van der Waals surface area contributed by atoms with E-state index in [1.807, 2.05) is 49.4 Å². The number of nitrogens with one attached hydrogen (secondary N) is 2. The summed E-state index contributed by atoms with van der Waals surface area (Å²) in [6, 6.07) is 15.2. The first-order valence-corrected chi connectivity index (χ1v) is 9.80. The molecule has 0 atom stereocenters. The maximum Gasteiger partial charge on any atom is 0.234 e. The number of hydrogen-bond donors (Lipinski definition) is 2. The van der Waals surface area contributed by atoms with Gasteiger partial charge in [-0.05, 0) is 42.7 Å². The number of carbonyl (C=O) groups excluding carboxylic acids is 1. The summed E-state index contributed by atoms with van der Waals surface area (Å²) in [6.45, 7) is 4.08. The van der Waals surface area contributed by atoms with E-state index in [1.54, 1.807) is 6.07 Å². The van der Waals surface area contributed by atoms with Crippen molar-refractivity contribution in [2.24, 2.45) is 0 Å². The molecule has 1 aromatic heterocycles. The molecule has 2 aromatic carbocycles. The molecule has 0 unspecified atom stereocenters. The third kappa shape index (κ3) is 4.35. The average Bonchev–Trinajstić information content (AvgIpc) is 2.63. The van der Waals surface area contributed by atoms with Gasteiger partial charge in [0.25, 0.3) is 0 Å². The van der Waals surface area contributed by atoms with Crippen molar-refractivity contribution in [3.05, 3.63) is 75.6 Å². The molecule has 134 valence electrons. The third-order valence-corrected chi connectivity index (χ3v) is 5.25. The van der Waals surface area contributed by atoms with Gasteiger partial charge in [-0.1, -0.05) is 31.2 Å². The molecule has 0 aliphatic carbocycles. The lowest BCUT2D eigenvalue weighted by atomic mass is 10.1. The Kier molecular flexibility index (Phi) is 5.78. The first kappa shape index (κ1) is 18.3. The number of carbonyl (C=O) groups is 1. The second-order valence-corrected chi connectivity index (χ2v) is 7.23. The lowest BCUT2D eigenvalue weighted by molar-refractivity contribution is -0.113. The number of benzene rings is 2. The minimum atomic E-state index is -0.0430. The van der Waals surface area contributed by atoms with Crippen LogP contribution in [0.25, 0.3) is 10.9 Å². The molecular weight excluding hydrogens is 344 g/mol. The molecule has 0 spiro atoms. The molecule has 0 aliphatic rings. The van der Waals surface area contributed by atoms with Crippen molar-refractivity contribution in [2.75, 3.05) is 11.1 Å². The number of aromatic nitrogens is 1. The maximum atomic E-state index is 12.2. The molecule has 0 saturated carbocycles. The van der Waals surface area contributed by atoms with E-state index >= 15 is 0 Å². The molecule has 0 fully saturated rings. The van der Waals surface area contributed by atoms with Crippen LogP contribution in [-0.4, -0.2) is 16.6 Å². The van der Waals surface area contributed by atoms with Crippen LogP contribution < -0.4 is 10.7 Å². The average molecular weight is 366 g/mol. The Bertz CT molecular complexity index is 977. The summed E-state index contributed by atoms with van der Waals surface area (Å²) >= 11 is 1.48. The van der Waals surface area contributed by atoms with Gasteiger partial charge in [-0.3, -0.25) is 9.59 Å². The largest absolute Gasteiger partial charge is 0.357 e. The molecule has 5 heteroatoms. The van der Waals surface area contributed by atoms with E-state index in [1.165, 1.54) is 17.3 Å². The molecule has 3 rings (SSSR count). The van der Waals surface area contributed by atoms with Gasteiger partial charge < -0.3 is 10.3 Å². The Hall–Kier alpha value is -2.53. The molecule has 26 heavy (non-hydrogen) atoms. The fourth-order valence-electron chi connectivity index (χ4n) is 2.82. The summed E-state index contributed by atoms with van der Waals surface area (Å²) in [6.07, 6.45) is 0.980. The Labute approximate surface area is 157 Å². The highest BCUT2D eigenvalue weighted by molar-refractivity contribution is 7.99. The minimum Gasteiger partial charge on any atom is -0.357 e. The van der Waals surface area contributed by atoms with Crippen LogP contribution in [0.1, 0.15) is 23.7 Å². The zero-order valence-corrected chi connectivity index (χ0v) is 15.8. The van der Waals surface area contributed by atoms with Crippen LogP contribution in [-0.2, 0) is 17.0 Å². The summed E-state index contributed by atoms with van der Waals surface area (Å²) in [5, 5.41) is 3.60. The topological polar surface area (TPSA) is 62.0 Å². The Balaban J connectivity index is 1.59.